The summed E-state index contributed by atoms with van der Waals surface area (Å²) in [6.45, 7) is 1.07. The van der Waals surface area contributed by atoms with Gasteiger partial charge in [-0.1, -0.05) is 89.4 Å². The van der Waals surface area contributed by atoms with Crippen LogP contribution in [0.1, 0.15) is 16.0 Å². The van der Waals surface area contributed by atoms with Crippen molar-refractivity contribution in [3.63, 3.8) is 0 Å². The number of thiophene rings is 2. The molecule has 3 fully saturated rings. The SMILES string of the molecule is COc1ccc(CN2NC(=O)C(Sc3ccccc3Cl)C2=O)cc1.O=C1NN(Cc2cccs2)C(=O)C1Sc1ccccc1Cl.O=C1NN(Cc2ccsc2)C(=O)C1Sc1ccccc1Cl. The third kappa shape index (κ3) is 12.4. The minimum absolute atomic E-state index is 0.238. The third-order valence-corrected chi connectivity index (χ3v) is 16.2. The average Bonchev–Trinajstić information content (AvgIpc) is 4.16. The summed E-state index contributed by atoms with van der Waals surface area (Å²) in [5.41, 5.74) is 9.75. The standard InChI is InChI=1S/C17H15ClN2O3S.2C14H11ClN2O2S2/c1-23-12-8-6-11(7-9-12)10-20-17(22)15(16(21)19-20)24-14-5-3-2-4-13(14)18;15-10-5-1-2-6-11(10)21-12-13(18)16-17(14(12)19)8-9-4-3-7-20-9;15-10-3-1-2-4-11(10)21-12-13(18)16-17(14(12)19)7-9-5-6-20-8-9/h2-9,15H,10H2,1H3,(H,19,21);1-7,12H,8H2,(H,16,18);1-6,8,12H,7H2,(H,16,18). The summed E-state index contributed by atoms with van der Waals surface area (Å²) in [7, 11) is 1.59. The van der Waals surface area contributed by atoms with E-state index in [1.807, 2.05) is 88.9 Å². The summed E-state index contributed by atoms with van der Waals surface area (Å²) < 4.78 is 5.11. The number of halogens is 3. The predicted octanol–water partition coefficient (Wildman–Crippen LogP) is 8.75. The monoisotopic (exact) mass is 1040 g/mol. The molecule has 0 bridgehead atoms. The van der Waals surface area contributed by atoms with Gasteiger partial charge in [0, 0.05) is 19.6 Å². The van der Waals surface area contributed by atoms with E-state index in [0.29, 0.717) is 39.6 Å². The van der Waals surface area contributed by atoms with Crippen LogP contribution >= 0.6 is 92.8 Å². The normalized spacial score (nSPS) is 17.8. The Hall–Kier alpha value is -5.18. The van der Waals surface area contributed by atoms with Crippen molar-refractivity contribution in [3.8, 4) is 5.75 Å². The maximum Gasteiger partial charge on any atom is 0.264 e. The molecule has 5 heterocycles. The largest absolute Gasteiger partial charge is 0.497 e. The summed E-state index contributed by atoms with van der Waals surface area (Å²) >= 11 is 24.9. The molecule has 66 heavy (non-hydrogen) atoms. The quantitative estimate of drug-likeness (QED) is 0.0956. The summed E-state index contributed by atoms with van der Waals surface area (Å²) in [6.07, 6.45) is 0. The van der Waals surface area contributed by atoms with Crippen LogP contribution in [0.5, 0.6) is 5.75 Å². The number of amides is 6. The number of rotatable bonds is 13. The first kappa shape index (κ1) is 48.7. The molecule has 3 N–H and O–H groups in total. The molecule has 3 aliphatic heterocycles. The molecule has 2 aromatic heterocycles. The van der Waals surface area contributed by atoms with Gasteiger partial charge in [-0.25, -0.2) is 15.0 Å². The third-order valence-electron chi connectivity index (χ3n) is 9.48. The lowest BCUT2D eigenvalue weighted by Gasteiger charge is -2.15. The van der Waals surface area contributed by atoms with Gasteiger partial charge in [0.05, 0.1) is 41.8 Å². The minimum Gasteiger partial charge on any atom is -0.497 e. The second kappa shape index (κ2) is 23.0. The number of methoxy groups -OCH3 is 1. The van der Waals surface area contributed by atoms with Crippen molar-refractivity contribution in [2.75, 3.05) is 7.11 Å². The minimum atomic E-state index is -0.830. The Balaban J connectivity index is 0.000000148. The van der Waals surface area contributed by atoms with Crippen LogP contribution in [-0.4, -0.2) is 73.3 Å². The molecule has 0 radical (unpaired) electrons. The molecular formula is C45H37Cl3N6O7S5. The van der Waals surface area contributed by atoms with Crippen molar-refractivity contribution in [1.82, 2.24) is 31.3 Å². The van der Waals surface area contributed by atoms with Gasteiger partial charge in [-0.15, -0.1) is 46.6 Å². The van der Waals surface area contributed by atoms with E-state index in [0.717, 1.165) is 43.3 Å². The van der Waals surface area contributed by atoms with Crippen LogP contribution in [0.15, 0.2) is 146 Å². The number of carbonyl (C=O) groups excluding carboxylic acids is 6. The predicted molar refractivity (Wildman–Crippen MR) is 261 cm³/mol. The van der Waals surface area contributed by atoms with Gasteiger partial charge < -0.3 is 4.74 Å². The van der Waals surface area contributed by atoms with Crippen molar-refractivity contribution >= 4 is 128 Å². The Bertz CT molecular complexity index is 2580. The molecule has 340 valence electrons. The summed E-state index contributed by atoms with van der Waals surface area (Å²) in [6, 6.07) is 34.6. The number of hydrazine groups is 3. The Kier molecular flexibility index (Phi) is 17.0. The zero-order valence-corrected chi connectivity index (χ0v) is 40.8. The van der Waals surface area contributed by atoms with E-state index in [1.165, 1.54) is 38.6 Å². The molecule has 6 aromatic rings. The van der Waals surface area contributed by atoms with E-state index < -0.39 is 15.7 Å². The highest BCUT2D eigenvalue weighted by molar-refractivity contribution is 8.02. The highest BCUT2D eigenvalue weighted by atomic mass is 35.5. The lowest BCUT2D eigenvalue weighted by atomic mass is 10.2. The van der Waals surface area contributed by atoms with Crippen LogP contribution in [0.4, 0.5) is 0 Å². The van der Waals surface area contributed by atoms with Gasteiger partial charge >= 0.3 is 0 Å². The van der Waals surface area contributed by atoms with E-state index >= 15 is 0 Å². The summed E-state index contributed by atoms with van der Waals surface area (Å²) in [5.74, 6) is -0.960. The first-order chi connectivity index (χ1) is 31.9. The zero-order chi connectivity index (χ0) is 46.7. The molecular weight excluding hydrogens is 1000 g/mol. The first-order valence-corrected chi connectivity index (χ1v) is 25.2. The molecule has 0 spiro atoms. The van der Waals surface area contributed by atoms with E-state index in [-0.39, 0.29) is 35.4 Å². The summed E-state index contributed by atoms with van der Waals surface area (Å²) in [4.78, 5) is 76.5. The molecule has 3 atom stereocenters. The second-order valence-corrected chi connectivity index (χ2v) is 20.5. The van der Waals surface area contributed by atoms with Crippen molar-refractivity contribution in [2.24, 2.45) is 0 Å². The van der Waals surface area contributed by atoms with Gasteiger partial charge in [0.2, 0.25) is 0 Å². The van der Waals surface area contributed by atoms with Crippen LogP contribution in [0.2, 0.25) is 15.1 Å². The highest BCUT2D eigenvalue weighted by Crippen LogP contribution is 2.35. The highest BCUT2D eigenvalue weighted by Gasteiger charge is 2.42. The smallest absolute Gasteiger partial charge is 0.264 e. The maximum absolute atomic E-state index is 12.5. The van der Waals surface area contributed by atoms with Crippen molar-refractivity contribution in [2.45, 2.75) is 50.1 Å². The number of hydrogen-bond donors (Lipinski definition) is 3. The lowest BCUT2D eigenvalue weighted by Crippen LogP contribution is -2.35. The Morgan fingerprint density at radius 2 is 0.939 bits per heavy atom. The molecule has 3 unspecified atom stereocenters. The van der Waals surface area contributed by atoms with Crippen molar-refractivity contribution in [1.29, 1.82) is 0 Å². The molecule has 3 aliphatic rings. The molecule has 0 aliphatic carbocycles. The molecule has 13 nitrogen and oxygen atoms in total. The van der Waals surface area contributed by atoms with E-state index in [1.54, 1.807) is 72.2 Å². The van der Waals surface area contributed by atoms with E-state index in [2.05, 4.69) is 16.3 Å². The maximum atomic E-state index is 12.5. The second-order valence-electron chi connectivity index (χ2n) is 14.0. The van der Waals surface area contributed by atoms with Crippen LogP contribution in [0, 0.1) is 0 Å². The van der Waals surface area contributed by atoms with E-state index in [9.17, 15) is 28.8 Å². The molecule has 4 aromatic carbocycles. The van der Waals surface area contributed by atoms with Crippen molar-refractivity contribution in [3.05, 3.63) is 162 Å². The molecule has 21 heteroatoms. The van der Waals surface area contributed by atoms with Crippen LogP contribution in [-0.2, 0) is 48.4 Å². The fraction of sp³-hybridized carbons (Fsp3) is 0.156. The number of ether oxygens (including phenoxy) is 1. The van der Waals surface area contributed by atoms with Gasteiger partial charge in [0.25, 0.3) is 35.4 Å². The zero-order valence-electron chi connectivity index (χ0n) is 34.4. The lowest BCUT2D eigenvalue weighted by molar-refractivity contribution is -0.130. The van der Waals surface area contributed by atoms with Crippen LogP contribution in [0.25, 0.3) is 0 Å². The fourth-order valence-electron chi connectivity index (χ4n) is 6.20. The molecule has 9 rings (SSSR count). The topological polar surface area (TPSA) is 157 Å². The molecule has 6 amide bonds. The molecule has 3 saturated heterocycles. The van der Waals surface area contributed by atoms with Gasteiger partial charge in [0.15, 0.2) is 15.7 Å². The van der Waals surface area contributed by atoms with Crippen LogP contribution in [0.3, 0.4) is 0 Å². The number of nitrogens with one attached hydrogen (secondary N) is 3. The molecule has 0 saturated carbocycles. The van der Waals surface area contributed by atoms with E-state index in [4.69, 9.17) is 39.5 Å². The van der Waals surface area contributed by atoms with Crippen molar-refractivity contribution < 1.29 is 33.5 Å². The Labute approximate surface area is 415 Å². The number of carbonyl (C=O) groups is 6. The number of benzene rings is 4. The van der Waals surface area contributed by atoms with Gasteiger partial charge in [-0.05, 0) is 87.9 Å². The van der Waals surface area contributed by atoms with Gasteiger partial charge in [-0.3, -0.25) is 45.0 Å². The van der Waals surface area contributed by atoms with Gasteiger partial charge in [0.1, 0.15) is 5.75 Å². The number of hydrogen-bond acceptors (Lipinski definition) is 12. The Morgan fingerprint density at radius 1 is 0.515 bits per heavy atom. The van der Waals surface area contributed by atoms with Gasteiger partial charge in [-0.2, -0.15) is 11.3 Å². The Morgan fingerprint density at radius 3 is 1.32 bits per heavy atom. The van der Waals surface area contributed by atoms with Crippen LogP contribution < -0.4 is 21.0 Å². The number of nitrogens with zero attached hydrogens (tertiary/aromatic N) is 3. The summed E-state index contributed by atoms with van der Waals surface area (Å²) in [5, 5.41) is 9.09. The average molecular weight is 1040 g/mol. The fourth-order valence-corrected chi connectivity index (χ4v) is 11.3. The number of thioether (sulfide) groups is 3. The first-order valence-electron chi connectivity index (χ1n) is 19.6.